The molecule has 0 aliphatic heterocycles. The van der Waals surface area contributed by atoms with E-state index in [0.29, 0.717) is 47.6 Å². The molecule has 1 atom stereocenters. The summed E-state index contributed by atoms with van der Waals surface area (Å²) in [6, 6.07) is 4.46. The van der Waals surface area contributed by atoms with Gasteiger partial charge in [0.05, 0.1) is 30.5 Å². The molecule has 1 amide bonds. The Labute approximate surface area is 263 Å². The molecule has 13 heteroatoms. The molecule has 1 aromatic heterocycles. The van der Waals surface area contributed by atoms with Gasteiger partial charge >= 0.3 is 12.4 Å². The summed E-state index contributed by atoms with van der Waals surface area (Å²) in [6.07, 6.45) is -7.17. The average Bonchev–Trinajstić information content (AvgIpc) is 2.94. The number of carbonyl (C=O) groups is 1. The largest absolute Gasteiger partial charge is 0.496 e. The summed E-state index contributed by atoms with van der Waals surface area (Å²) in [7, 11) is 4.83. The Kier molecular flexibility index (Phi) is 9.66. The van der Waals surface area contributed by atoms with Gasteiger partial charge in [-0.1, -0.05) is 20.8 Å². The van der Waals surface area contributed by atoms with Crippen LogP contribution in [-0.2, 0) is 23.7 Å². The molecule has 0 N–H and O–H groups in total. The lowest BCUT2D eigenvalue weighted by molar-refractivity contribution is -0.145. The summed E-state index contributed by atoms with van der Waals surface area (Å²) in [6.45, 7) is 6.38. The van der Waals surface area contributed by atoms with Gasteiger partial charge < -0.3 is 14.5 Å². The summed E-state index contributed by atoms with van der Waals surface area (Å²) in [5, 5.41) is 0. The predicted octanol–water partition coefficient (Wildman–Crippen LogP) is 8.59. The number of amides is 1. The molecule has 1 heterocycles. The molecule has 4 rings (SSSR count). The smallest absolute Gasteiger partial charge is 0.416 e. The third-order valence-corrected chi connectivity index (χ3v) is 8.85. The average molecular weight is 655 g/mol. The molecule has 250 valence electrons. The summed E-state index contributed by atoms with van der Waals surface area (Å²) in [4.78, 5) is 25.7. The van der Waals surface area contributed by atoms with Crippen molar-refractivity contribution in [3.05, 3.63) is 70.3 Å². The fourth-order valence-corrected chi connectivity index (χ4v) is 6.11. The zero-order chi connectivity index (χ0) is 34.4. The summed E-state index contributed by atoms with van der Waals surface area (Å²) in [5.74, 6) is -1.48. The zero-order valence-corrected chi connectivity index (χ0v) is 26.7. The lowest BCUT2D eigenvalue weighted by atomic mass is 9.65. The Bertz CT molecular complexity index is 1570. The number of methoxy groups -OCH3 is 1. The van der Waals surface area contributed by atoms with Gasteiger partial charge in [-0.3, -0.25) is 4.79 Å². The van der Waals surface area contributed by atoms with Crippen LogP contribution in [0.3, 0.4) is 0 Å². The van der Waals surface area contributed by atoms with Crippen LogP contribution in [0.15, 0.2) is 36.5 Å². The van der Waals surface area contributed by atoms with Crippen LogP contribution in [0.4, 0.5) is 36.7 Å². The highest BCUT2D eigenvalue weighted by Crippen LogP contribution is 2.50. The maximum absolute atomic E-state index is 14.9. The van der Waals surface area contributed by atoms with E-state index in [9.17, 15) is 35.5 Å². The van der Waals surface area contributed by atoms with Gasteiger partial charge in [-0.2, -0.15) is 26.3 Å². The van der Waals surface area contributed by atoms with E-state index in [-0.39, 0.29) is 29.8 Å². The van der Waals surface area contributed by atoms with E-state index in [1.807, 2.05) is 13.8 Å². The number of benzene rings is 2. The second-order valence-electron chi connectivity index (χ2n) is 12.3. The third kappa shape index (κ3) is 6.78. The van der Waals surface area contributed by atoms with E-state index in [1.165, 1.54) is 31.2 Å². The fourth-order valence-electron chi connectivity index (χ4n) is 6.11. The molecule has 1 aliphatic rings. The molecule has 46 heavy (non-hydrogen) atoms. The van der Waals surface area contributed by atoms with Crippen LogP contribution in [-0.4, -0.2) is 47.5 Å². The standard InChI is InChI=1S/C33H37F7N4O2/c1-18(2)24-14-25(29(46-7)15-27(24)34)26-16-41-30(43(5)6)42-28(26)17-44(20(4)45)31(9-8-10-31)19(3)21-11-22(32(35,36)37)13-23(12-21)33(38,39)40/h11-16,18-19H,8-10,17H2,1-7H3. The molecule has 0 saturated heterocycles. The first-order valence-electron chi connectivity index (χ1n) is 14.8. The van der Waals surface area contributed by atoms with Gasteiger partial charge in [-0.15, -0.1) is 0 Å². The minimum atomic E-state index is -5.01. The van der Waals surface area contributed by atoms with Crippen LogP contribution >= 0.6 is 0 Å². The molecule has 0 spiro atoms. The lowest BCUT2D eigenvalue weighted by Crippen LogP contribution is -2.58. The molecular formula is C33H37F7N4O2. The number of anilines is 1. The summed E-state index contributed by atoms with van der Waals surface area (Å²) < 4.78 is 103. The second-order valence-corrected chi connectivity index (χ2v) is 12.3. The quantitative estimate of drug-likeness (QED) is 0.217. The topological polar surface area (TPSA) is 58.6 Å². The van der Waals surface area contributed by atoms with Crippen LogP contribution < -0.4 is 9.64 Å². The van der Waals surface area contributed by atoms with E-state index in [0.717, 1.165) is 12.1 Å². The molecule has 2 aromatic carbocycles. The second kappa shape index (κ2) is 12.7. The highest BCUT2D eigenvalue weighted by atomic mass is 19.4. The van der Waals surface area contributed by atoms with Gasteiger partial charge in [0.1, 0.15) is 11.6 Å². The number of ether oxygens (including phenoxy) is 1. The molecule has 3 aromatic rings. The molecule has 1 aliphatic carbocycles. The maximum Gasteiger partial charge on any atom is 0.416 e. The Balaban J connectivity index is 1.89. The molecule has 1 fully saturated rings. The maximum atomic E-state index is 14.9. The number of aromatic nitrogens is 2. The molecule has 0 radical (unpaired) electrons. The zero-order valence-electron chi connectivity index (χ0n) is 26.7. The number of rotatable bonds is 9. The van der Waals surface area contributed by atoms with Crippen LogP contribution in [0.5, 0.6) is 5.75 Å². The summed E-state index contributed by atoms with van der Waals surface area (Å²) in [5.41, 5.74) is -2.42. The predicted molar refractivity (Wildman–Crippen MR) is 160 cm³/mol. The number of hydrogen-bond acceptors (Lipinski definition) is 5. The van der Waals surface area contributed by atoms with E-state index in [1.54, 1.807) is 32.0 Å². The lowest BCUT2D eigenvalue weighted by Gasteiger charge is -2.54. The van der Waals surface area contributed by atoms with Crippen LogP contribution in [0, 0.1) is 5.82 Å². The first-order chi connectivity index (χ1) is 21.3. The fraction of sp³-hybridized carbons (Fsp3) is 0.485. The highest BCUT2D eigenvalue weighted by molar-refractivity contribution is 5.77. The van der Waals surface area contributed by atoms with Crippen molar-refractivity contribution in [2.24, 2.45) is 0 Å². The van der Waals surface area contributed by atoms with Crippen LogP contribution in [0.2, 0.25) is 0 Å². The van der Waals surface area contributed by atoms with Gasteiger partial charge in [0.25, 0.3) is 0 Å². The van der Waals surface area contributed by atoms with Gasteiger partial charge in [-0.05, 0) is 60.6 Å². The molecule has 0 bridgehead atoms. The Morgan fingerprint density at radius 1 is 0.957 bits per heavy atom. The van der Waals surface area contributed by atoms with Crippen molar-refractivity contribution in [3.8, 4) is 16.9 Å². The van der Waals surface area contributed by atoms with Gasteiger partial charge in [0, 0.05) is 55.9 Å². The highest BCUT2D eigenvalue weighted by Gasteiger charge is 2.50. The van der Waals surface area contributed by atoms with Crippen molar-refractivity contribution < 1.29 is 40.3 Å². The molecule has 1 unspecified atom stereocenters. The van der Waals surface area contributed by atoms with Crippen molar-refractivity contribution in [2.45, 2.75) is 83.2 Å². The Morgan fingerprint density at radius 3 is 1.98 bits per heavy atom. The van der Waals surface area contributed by atoms with E-state index < -0.39 is 46.7 Å². The van der Waals surface area contributed by atoms with Crippen molar-refractivity contribution in [1.82, 2.24) is 14.9 Å². The van der Waals surface area contributed by atoms with E-state index in [2.05, 4.69) is 4.98 Å². The molecule has 6 nitrogen and oxygen atoms in total. The van der Waals surface area contributed by atoms with Crippen LogP contribution in [0.25, 0.3) is 11.1 Å². The van der Waals surface area contributed by atoms with Crippen LogP contribution in [0.1, 0.15) is 86.7 Å². The van der Waals surface area contributed by atoms with Crippen molar-refractivity contribution in [2.75, 3.05) is 26.1 Å². The number of carbonyl (C=O) groups excluding carboxylic acids is 1. The number of alkyl halides is 6. The SMILES string of the molecule is COc1cc(F)c(C(C)C)cc1-c1cnc(N(C)C)nc1CN(C(C)=O)C1(C(C)c2cc(C(F)(F)F)cc(C(F)(F)F)c2)CCC1. The first-order valence-corrected chi connectivity index (χ1v) is 14.8. The Hall–Kier alpha value is -3.90. The normalized spacial score (nSPS) is 15.4. The molecular weight excluding hydrogens is 617 g/mol. The number of nitrogens with zero attached hydrogens (tertiary/aromatic N) is 4. The van der Waals surface area contributed by atoms with E-state index in [4.69, 9.17) is 9.72 Å². The minimum Gasteiger partial charge on any atom is -0.496 e. The monoisotopic (exact) mass is 654 g/mol. The number of hydrogen-bond donors (Lipinski definition) is 0. The van der Waals surface area contributed by atoms with Gasteiger partial charge in [0.2, 0.25) is 11.9 Å². The van der Waals surface area contributed by atoms with Crippen molar-refractivity contribution in [3.63, 3.8) is 0 Å². The first kappa shape index (κ1) is 35.0. The van der Waals surface area contributed by atoms with Crippen molar-refractivity contribution >= 4 is 11.9 Å². The van der Waals surface area contributed by atoms with Gasteiger partial charge in [0.15, 0.2) is 0 Å². The summed E-state index contributed by atoms with van der Waals surface area (Å²) >= 11 is 0. The van der Waals surface area contributed by atoms with Crippen molar-refractivity contribution in [1.29, 1.82) is 0 Å². The minimum absolute atomic E-state index is 0.101. The Morgan fingerprint density at radius 2 is 1.54 bits per heavy atom. The number of halogens is 7. The molecule has 1 saturated carbocycles. The third-order valence-electron chi connectivity index (χ3n) is 8.85. The van der Waals surface area contributed by atoms with Gasteiger partial charge in [-0.25, -0.2) is 14.4 Å². The van der Waals surface area contributed by atoms with E-state index >= 15 is 0 Å².